The van der Waals surface area contributed by atoms with Crippen molar-refractivity contribution in [2.24, 2.45) is 0 Å². The van der Waals surface area contributed by atoms with E-state index in [2.05, 4.69) is 41.5 Å². The van der Waals surface area contributed by atoms with Crippen LogP contribution in [-0.2, 0) is 14.3 Å². The number of hydrogen-bond donors (Lipinski definition) is 0. The summed E-state index contributed by atoms with van der Waals surface area (Å²) in [5.74, 6) is 0.267. The molecule has 0 spiro atoms. The van der Waals surface area contributed by atoms with Crippen LogP contribution >= 0.6 is 0 Å². The lowest BCUT2D eigenvalue weighted by Gasteiger charge is -2.41. The number of carbonyl (C=O) groups is 1. The maximum atomic E-state index is 12.3. The zero-order chi connectivity index (χ0) is 16.8. The quantitative estimate of drug-likeness (QED) is 0.684. The topological polar surface area (TPSA) is 38.8 Å². The number of carbonyl (C=O) groups excluding carboxylic acids is 1. The van der Waals surface area contributed by atoms with Crippen molar-refractivity contribution < 1.29 is 14.3 Å². The van der Waals surface area contributed by atoms with Crippen molar-refractivity contribution in [1.29, 1.82) is 0 Å². The van der Waals surface area contributed by atoms with Gasteiger partial charge < -0.3 is 14.4 Å². The molecule has 1 fully saturated rings. The fraction of sp³-hybridized carbons (Fsp3) is 0.944. The van der Waals surface area contributed by atoms with E-state index in [9.17, 15) is 4.79 Å². The van der Waals surface area contributed by atoms with Gasteiger partial charge in [0, 0.05) is 19.6 Å². The molecule has 1 saturated heterocycles. The average Bonchev–Trinajstić information content (AvgIpc) is 2.67. The third kappa shape index (κ3) is 5.88. The van der Waals surface area contributed by atoms with E-state index >= 15 is 0 Å². The molecule has 1 heterocycles. The lowest BCUT2D eigenvalue weighted by molar-refractivity contribution is -0.154. The van der Waals surface area contributed by atoms with Crippen LogP contribution in [0, 0.1) is 0 Å². The molecule has 1 unspecified atom stereocenters. The first kappa shape index (κ1) is 19.4. The van der Waals surface area contributed by atoms with Crippen LogP contribution in [0.25, 0.3) is 0 Å². The molecule has 1 amide bonds. The third-order valence-electron chi connectivity index (χ3n) is 4.57. The van der Waals surface area contributed by atoms with Crippen molar-refractivity contribution in [2.75, 3.05) is 19.8 Å². The molecule has 4 nitrogen and oxygen atoms in total. The van der Waals surface area contributed by atoms with E-state index in [1.807, 2.05) is 4.90 Å². The van der Waals surface area contributed by atoms with Crippen LogP contribution in [0.15, 0.2) is 0 Å². The van der Waals surface area contributed by atoms with Crippen LogP contribution in [0.5, 0.6) is 0 Å². The van der Waals surface area contributed by atoms with Crippen molar-refractivity contribution >= 4 is 5.91 Å². The molecule has 0 saturated carbocycles. The Hall–Kier alpha value is -0.610. The summed E-state index contributed by atoms with van der Waals surface area (Å²) in [6.45, 7) is 14.6. The molecule has 22 heavy (non-hydrogen) atoms. The molecule has 0 aliphatic carbocycles. The second kappa shape index (κ2) is 8.30. The van der Waals surface area contributed by atoms with Crippen molar-refractivity contribution in [3.8, 4) is 0 Å². The molecule has 0 bridgehead atoms. The molecule has 1 aliphatic rings. The predicted octanol–water partition coefficient (Wildman–Crippen LogP) is 3.78. The number of rotatable bonds is 8. The van der Waals surface area contributed by atoms with Gasteiger partial charge in [-0.05, 0) is 53.9 Å². The number of hydrogen-bond acceptors (Lipinski definition) is 3. The second-order valence-electron chi connectivity index (χ2n) is 7.57. The first-order chi connectivity index (χ1) is 10.2. The van der Waals surface area contributed by atoms with Gasteiger partial charge in [0.2, 0.25) is 5.91 Å². The van der Waals surface area contributed by atoms with E-state index in [4.69, 9.17) is 9.47 Å². The molecule has 0 aromatic carbocycles. The van der Waals surface area contributed by atoms with Gasteiger partial charge in [0.15, 0.2) is 0 Å². The summed E-state index contributed by atoms with van der Waals surface area (Å²) in [5, 5.41) is 0. The maximum Gasteiger partial charge on any atom is 0.222 e. The minimum atomic E-state index is -0.382. The highest BCUT2D eigenvalue weighted by Crippen LogP contribution is 2.25. The molecule has 1 atom stereocenters. The van der Waals surface area contributed by atoms with Gasteiger partial charge in [0.1, 0.15) is 0 Å². The van der Waals surface area contributed by atoms with E-state index in [0.29, 0.717) is 13.0 Å². The molecule has 0 N–H and O–H groups in total. The molecule has 130 valence electrons. The Morgan fingerprint density at radius 3 is 2.45 bits per heavy atom. The highest BCUT2D eigenvalue weighted by Gasteiger charge is 2.36. The van der Waals surface area contributed by atoms with E-state index in [1.165, 1.54) is 0 Å². The molecular formula is C18H35NO3. The van der Waals surface area contributed by atoms with Gasteiger partial charge in [-0.25, -0.2) is 0 Å². The zero-order valence-electron chi connectivity index (χ0n) is 15.4. The third-order valence-corrected chi connectivity index (χ3v) is 4.57. The van der Waals surface area contributed by atoms with Crippen LogP contribution in [0.4, 0.5) is 0 Å². The molecular weight excluding hydrogens is 278 g/mol. The first-order valence-corrected chi connectivity index (χ1v) is 8.77. The maximum absolute atomic E-state index is 12.3. The Kier molecular flexibility index (Phi) is 7.33. The van der Waals surface area contributed by atoms with Crippen LogP contribution in [0.3, 0.4) is 0 Å². The van der Waals surface area contributed by atoms with E-state index in [1.54, 1.807) is 0 Å². The average molecular weight is 313 g/mol. The van der Waals surface area contributed by atoms with Crippen LogP contribution in [-0.4, -0.2) is 47.8 Å². The Bertz CT molecular complexity index is 352. The Morgan fingerprint density at radius 2 is 1.82 bits per heavy atom. The largest absolute Gasteiger partial charge is 0.373 e. The zero-order valence-corrected chi connectivity index (χ0v) is 15.4. The van der Waals surface area contributed by atoms with Gasteiger partial charge in [-0.2, -0.15) is 0 Å². The fourth-order valence-corrected chi connectivity index (χ4v) is 2.69. The monoisotopic (exact) mass is 313 g/mol. The number of amides is 1. The summed E-state index contributed by atoms with van der Waals surface area (Å²) >= 11 is 0. The number of likely N-dealkylation sites (tertiary alicyclic amines) is 1. The SMILES string of the molecule is CCCOC(C)(C)COC(C)(C)C(C)N1CCCCCC1=O. The fourth-order valence-electron chi connectivity index (χ4n) is 2.69. The highest BCUT2D eigenvalue weighted by molar-refractivity contribution is 5.76. The molecule has 1 aliphatic heterocycles. The van der Waals surface area contributed by atoms with E-state index < -0.39 is 0 Å². The summed E-state index contributed by atoms with van der Waals surface area (Å²) in [6, 6.07) is 0.0695. The molecule has 0 radical (unpaired) electrons. The Morgan fingerprint density at radius 1 is 1.14 bits per heavy atom. The van der Waals surface area contributed by atoms with Crippen molar-refractivity contribution in [2.45, 2.75) is 90.9 Å². The number of nitrogens with zero attached hydrogens (tertiary/aromatic N) is 1. The van der Waals surface area contributed by atoms with Crippen molar-refractivity contribution in [3.05, 3.63) is 0 Å². The Labute approximate surface area is 136 Å². The summed E-state index contributed by atoms with van der Waals surface area (Å²) in [4.78, 5) is 14.3. The van der Waals surface area contributed by atoms with Crippen LogP contribution in [0.2, 0.25) is 0 Å². The summed E-state index contributed by atoms with van der Waals surface area (Å²) < 4.78 is 12.0. The first-order valence-electron chi connectivity index (χ1n) is 8.77. The van der Waals surface area contributed by atoms with Gasteiger partial charge in [-0.15, -0.1) is 0 Å². The Balaban J connectivity index is 2.61. The molecule has 0 aromatic heterocycles. The molecule has 1 rings (SSSR count). The van der Waals surface area contributed by atoms with Gasteiger partial charge in [0.25, 0.3) is 0 Å². The lowest BCUT2D eigenvalue weighted by atomic mass is 9.97. The minimum absolute atomic E-state index is 0.0695. The molecule has 4 heteroatoms. The van der Waals surface area contributed by atoms with Crippen molar-refractivity contribution in [1.82, 2.24) is 4.90 Å². The van der Waals surface area contributed by atoms with Crippen LogP contribution in [0.1, 0.15) is 73.6 Å². The van der Waals surface area contributed by atoms with Gasteiger partial charge in [0.05, 0.1) is 23.9 Å². The van der Waals surface area contributed by atoms with Gasteiger partial charge in [-0.3, -0.25) is 4.79 Å². The summed E-state index contributed by atoms with van der Waals surface area (Å²) in [7, 11) is 0. The van der Waals surface area contributed by atoms with Crippen LogP contribution < -0.4 is 0 Å². The highest BCUT2D eigenvalue weighted by atomic mass is 16.6. The lowest BCUT2D eigenvalue weighted by Crippen LogP contribution is -2.52. The van der Waals surface area contributed by atoms with Gasteiger partial charge in [-0.1, -0.05) is 13.3 Å². The van der Waals surface area contributed by atoms with E-state index in [0.717, 1.165) is 38.8 Å². The second-order valence-corrected chi connectivity index (χ2v) is 7.57. The van der Waals surface area contributed by atoms with Gasteiger partial charge >= 0.3 is 0 Å². The van der Waals surface area contributed by atoms with E-state index in [-0.39, 0.29) is 23.2 Å². The minimum Gasteiger partial charge on any atom is -0.373 e. The van der Waals surface area contributed by atoms with Crippen molar-refractivity contribution in [3.63, 3.8) is 0 Å². The standard InChI is InChI=1S/C18H35NO3/c1-7-13-21-17(3,4)14-22-18(5,6)15(2)19-12-10-8-9-11-16(19)20/h15H,7-14H2,1-6H3. The summed E-state index contributed by atoms with van der Waals surface area (Å²) in [6.07, 6.45) is 4.93. The number of ether oxygens (including phenoxy) is 2. The molecule has 0 aromatic rings. The predicted molar refractivity (Wildman–Crippen MR) is 90.0 cm³/mol. The summed E-state index contributed by atoms with van der Waals surface area (Å²) in [5.41, 5.74) is -0.678. The smallest absolute Gasteiger partial charge is 0.222 e. The normalized spacial score (nSPS) is 19.2.